The van der Waals surface area contributed by atoms with Gasteiger partial charge in [-0.05, 0) is 30.4 Å². The zero-order valence-corrected chi connectivity index (χ0v) is 11.0. The molecule has 0 unspecified atom stereocenters. The molecule has 0 bridgehead atoms. The van der Waals surface area contributed by atoms with Crippen molar-refractivity contribution in [2.75, 3.05) is 13.2 Å². The van der Waals surface area contributed by atoms with Crippen LogP contribution in [0.5, 0.6) is 0 Å². The first-order valence-electron chi connectivity index (χ1n) is 5.95. The fourth-order valence-corrected chi connectivity index (χ4v) is 1.66. The Morgan fingerprint density at radius 1 is 1.50 bits per heavy atom. The molecular weight excluding hydrogens is 232 g/mol. The number of carbonyl (C=O) groups is 1. The lowest BCUT2D eigenvalue weighted by atomic mass is 9.89. The molecule has 0 aliphatic carbocycles. The number of aromatic amines is 1. The number of aliphatic hydroxyl groups is 1. The summed E-state index contributed by atoms with van der Waals surface area (Å²) >= 11 is 0. The zero-order valence-electron chi connectivity index (χ0n) is 11.0. The van der Waals surface area contributed by atoms with Gasteiger partial charge in [0.05, 0.1) is 0 Å². The lowest BCUT2D eigenvalue weighted by molar-refractivity contribution is 0.0926. The molecule has 0 saturated heterocycles. The third-order valence-corrected chi connectivity index (χ3v) is 2.91. The summed E-state index contributed by atoms with van der Waals surface area (Å²) in [6.07, 6.45) is 2.11. The molecule has 1 aromatic heterocycles. The maximum atomic E-state index is 11.9. The van der Waals surface area contributed by atoms with Gasteiger partial charge in [-0.25, -0.2) is 0 Å². The fourth-order valence-electron chi connectivity index (χ4n) is 1.66. The lowest BCUT2D eigenvalue weighted by Gasteiger charge is -2.23. The Balaban J connectivity index is 2.75. The topological polar surface area (TPSA) is 82.2 Å². The highest BCUT2D eigenvalue weighted by molar-refractivity contribution is 5.95. The lowest BCUT2D eigenvalue weighted by Crippen LogP contribution is -2.37. The molecule has 1 aromatic rings. The Hall–Kier alpha value is -1.62. The molecule has 100 valence electrons. The maximum absolute atomic E-state index is 11.9. The number of amides is 1. The molecule has 1 rings (SSSR count). The second kappa shape index (κ2) is 5.82. The predicted molar refractivity (Wildman–Crippen MR) is 69.6 cm³/mol. The van der Waals surface area contributed by atoms with E-state index in [1.165, 1.54) is 6.20 Å². The van der Waals surface area contributed by atoms with Crippen LogP contribution in [0.1, 0.15) is 36.2 Å². The highest BCUT2D eigenvalue weighted by atomic mass is 16.3. The Morgan fingerprint density at radius 2 is 2.17 bits per heavy atom. The summed E-state index contributed by atoms with van der Waals surface area (Å²) in [4.78, 5) is 26.0. The van der Waals surface area contributed by atoms with Crippen LogP contribution in [0.25, 0.3) is 0 Å². The van der Waals surface area contributed by atoms with Crippen molar-refractivity contribution < 1.29 is 9.90 Å². The van der Waals surface area contributed by atoms with E-state index in [0.717, 1.165) is 0 Å². The number of aryl methyl sites for hydroxylation is 1. The van der Waals surface area contributed by atoms with E-state index >= 15 is 0 Å². The third-order valence-electron chi connectivity index (χ3n) is 2.91. The van der Waals surface area contributed by atoms with Gasteiger partial charge in [0.2, 0.25) is 0 Å². The molecular formula is C13H20N2O3. The second-order valence-electron chi connectivity index (χ2n) is 5.19. The van der Waals surface area contributed by atoms with E-state index in [2.05, 4.69) is 10.3 Å². The number of H-pyrrole nitrogens is 1. The second-order valence-corrected chi connectivity index (χ2v) is 5.19. The van der Waals surface area contributed by atoms with Crippen molar-refractivity contribution in [3.8, 4) is 0 Å². The van der Waals surface area contributed by atoms with Crippen molar-refractivity contribution in [2.24, 2.45) is 5.41 Å². The molecule has 3 N–H and O–H groups in total. The largest absolute Gasteiger partial charge is 0.396 e. The zero-order chi connectivity index (χ0) is 13.8. The maximum Gasteiger partial charge on any atom is 0.261 e. The van der Waals surface area contributed by atoms with E-state index in [1.54, 1.807) is 13.0 Å². The quantitative estimate of drug-likeness (QED) is 0.725. The Morgan fingerprint density at radius 3 is 2.72 bits per heavy atom. The number of rotatable bonds is 5. The van der Waals surface area contributed by atoms with Crippen LogP contribution in [0, 0.1) is 12.3 Å². The summed E-state index contributed by atoms with van der Waals surface area (Å²) in [6.45, 7) is 6.12. The van der Waals surface area contributed by atoms with Gasteiger partial charge in [0, 0.05) is 19.3 Å². The van der Waals surface area contributed by atoms with Crippen LogP contribution < -0.4 is 10.9 Å². The van der Waals surface area contributed by atoms with Gasteiger partial charge in [-0.2, -0.15) is 0 Å². The average Bonchev–Trinajstić information content (AvgIpc) is 2.26. The first kappa shape index (κ1) is 14.4. The first-order valence-corrected chi connectivity index (χ1v) is 5.95. The molecule has 18 heavy (non-hydrogen) atoms. The average molecular weight is 252 g/mol. The number of hydrogen-bond acceptors (Lipinski definition) is 3. The number of aromatic nitrogens is 1. The van der Waals surface area contributed by atoms with Crippen molar-refractivity contribution >= 4 is 5.91 Å². The number of nitrogens with one attached hydrogen (secondary N) is 2. The summed E-state index contributed by atoms with van der Waals surface area (Å²) in [6, 6.07) is 1.69. The van der Waals surface area contributed by atoms with Gasteiger partial charge in [0.15, 0.2) is 0 Å². The highest BCUT2D eigenvalue weighted by Crippen LogP contribution is 2.18. The van der Waals surface area contributed by atoms with Gasteiger partial charge in [0.25, 0.3) is 11.5 Å². The fraction of sp³-hybridized carbons (Fsp3) is 0.538. The molecule has 1 amide bonds. The molecule has 0 aliphatic heterocycles. The van der Waals surface area contributed by atoms with E-state index in [4.69, 9.17) is 5.11 Å². The third kappa shape index (κ3) is 3.70. The molecule has 0 spiro atoms. The molecule has 0 fully saturated rings. The van der Waals surface area contributed by atoms with Crippen molar-refractivity contribution in [2.45, 2.75) is 27.2 Å². The molecule has 0 atom stereocenters. The van der Waals surface area contributed by atoms with Crippen LogP contribution in [0.15, 0.2) is 17.1 Å². The van der Waals surface area contributed by atoms with Crippen molar-refractivity contribution in [3.63, 3.8) is 0 Å². The van der Waals surface area contributed by atoms with Crippen LogP contribution in [0.4, 0.5) is 0 Å². The number of hydrogen-bond donors (Lipinski definition) is 3. The molecule has 0 radical (unpaired) electrons. The standard InChI is InChI=1S/C13H20N2O3/c1-9-4-6-14-11(17)10(9)12(18)15-8-13(2,3)5-7-16/h4,6,16H,5,7-8H2,1-3H3,(H,14,17)(H,15,18). The first-order chi connectivity index (χ1) is 8.37. The Kier molecular flexibility index (Phi) is 4.67. The van der Waals surface area contributed by atoms with E-state index in [0.29, 0.717) is 18.5 Å². The number of carbonyl (C=O) groups excluding carboxylic acids is 1. The molecule has 0 aliphatic rings. The minimum absolute atomic E-state index is 0.0772. The van der Waals surface area contributed by atoms with E-state index in [9.17, 15) is 9.59 Å². The van der Waals surface area contributed by atoms with Crippen molar-refractivity contribution in [3.05, 3.63) is 33.7 Å². The number of pyridine rings is 1. The van der Waals surface area contributed by atoms with Gasteiger partial charge in [-0.3, -0.25) is 9.59 Å². The summed E-state index contributed by atoms with van der Waals surface area (Å²) in [5, 5.41) is 11.6. The van der Waals surface area contributed by atoms with Crippen LogP contribution in [-0.4, -0.2) is 29.1 Å². The van der Waals surface area contributed by atoms with Crippen LogP contribution in [0.3, 0.4) is 0 Å². The molecule has 0 aromatic carbocycles. The van der Waals surface area contributed by atoms with Crippen molar-refractivity contribution in [1.29, 1.82) is 0 Å². The monoisotopic (exact) mass is 252 g/mol. The predicted octanol–water partition coefficient (Wildman–Crippen LogP) is 0.822. The summed E-state index contributed by atoms with van der Waals surface area (Å²) in [5.41, 5.74) is 0.223. The minimum Gasteiger partial charge on any atom is -0.396 e. The summed E-state index contributed by atoms with van der Waals surface area (Å²) in [5.74, 6) is -0.375. The smallest absolute Gasteiger partial charge is 0.261 e. The van der Waals surface area contributed by atoms with E-state index in [1.807, 2.05) is 13.8 Å². The number of aliphatic hydroxyl groups excluding tert-OH is 1. The minimum atomic E-state index is -0.382. The summed E-state index contributed by atoms with van der Waals surface area (Å²) < 4.78 is 0. The van der Waals surface area contributed by atoms with Crippen LogP contribution in [0.2, 0.25) is 0 Å². The SMILES string of the molecule is Cc1cc[nH]c(=O)c1C(=O)NCC(C)(C)CCO. The van der Waals surface area contributed by atoms with Gasteiger partial charge in [0.1, 0.15) is 5.56 Å². The van der Waals surface area contributed by atoms with E-state index < -0.39 is 0 Å². The molecule has 5 heteroatoms. The van der Waals surface area contributed by atoms with Gasteiger partial charge in [-0.15, -0.1) is 0 Å². The van der Waals surface area contributed by atoms with Gasteiger partial charge >= 0.3 is 0 Å². The Labute approximate surface area is 106 Å². The van der Waals surface area contributed by atoms with Crippen molar-refractivity contribution in [1.82, 2.24) is 10.3 Å². The molecule has 1 heterocycles. The highest BCUT2D eigenvalue weighted by Gasteiger charge is 2.20. The van der Waals surface area contributed by atoms with Crippen LogP contribution in [-0.2, 0) is 0 Å². The molecule has 0 saturated carbocycles. The van der Waals surface area contributed by atoms with Crippen LogP contribution >= 0.6 is 0 Å². The normalized spacial score (nSPS) is 11.3. The van der Waals surface area contributed by atoms with Gasteiger partial charge < -0.3 is 15.4 Å². The van der Waals surface area contributed by atoms with Gasteiger partial charge in [-0.1, -0.05) is 13.8 Å². The summed E-state index contributed by atoms with van der Waals surface area (Å²) in [7, 11) is 0. The Bertz CT molecular complexity index is 477. The van der Waals surface area contributed by atoms with E-state index in [-0.39, 0.29) is 29.1 Å². The molecule has 5 nitrogen and oxygen atoms in total.